The van der Waals surface area contributed by atoms with E-state index in [1.165, 1.54) is 51.0 Å². The molecule has 2 heteroatoms. The fourth-order valence-electron chi connectivity index (χ4n) is 1.19. The molecule has 0 aliphatic heterocycles. The van der Waals surface area contributed by atoms with Gasteiger partial charge in [0.05, 0.1) is 0 Å². The van der Waals surface area contributed by atoms with Crippen LogP contribution >= 0.6 is 0 Å². The van der Waals surface area contributed by atoms with Crippen LogP contribution in [0.5, 0.6) is 0 Å². The Labute approximate surface area is 122 Å². The third kappa shape index (κ3) is 31.7. The van der Waals surface area contributed by atoms with Crippen molar-refractivity contribution in [2.75, 3.05) is 6.54 Å². The van der Waals surface area contributed by atoms with Crippen LogP contribution in [-0.2, 0) is 4.79 Å². The lowest BCUT2D eigenvalue weighted by Crippen LogP contribution is -2.21. The molecule has 1 N–H and O–H groups in total. The Morgan fingerprint density at radius 3 is 1.79 bits per heavy atom. The summed E-state index contributed by atoms with van der Waals surface area (Å²) in [5.41, 5.74) is 0. The molecular weight excluding hydrogens is 234 g/mol. The minimum Gasteiger partial charge on any atom is -0.353 e. The number of carbonyl (C=O) groups excluding carboxylic acids is 1. The lowest BCUT2D eigenvalue weighted by Gasteiger charge is -2.01. The first-order valence-electron chi connectivity index (χ1n) is 8.13. The monoisotopic (exact) mass is 271 g/mol. The Kier molecular flexibility index (Phi) is 31.8. The average molecular weight is 271 g/mol. The van der Waals surface area contributed by atoms with E-state index in [0.717, 1.165) is 13.0 Å². The van der Waals surface area contributed by atoms with E-state index in [4.69, 9.17) is 0 Å². The van der Waals surface area contributed by atoms with E-state index in [1.54, 1.807) is 0 Å². The molecule has 0 atom stereocenters. The summed E-state index contributed by atoms with van der Waals surface area (Å²) in [4.78, 5) is 10.7. The molecule has 0 aliphatic rings. The number of carbonyl (C=O) groups is 1. The van der Waals surface area contributed by atoms with E-state index in [1.807, 2.05) is 13.8 Å². The molecule has 2 nitrogen and oxygen atoms in total. The van der Waals surface area contributed by atoms with Crippen molar-refractivity contribution >= 4 is 5.91 Å². The average Bonchev–Trinajstić information content (AvgIpc) is 2.48. The van der Waals surface area contributed by atoms with Crippen LogP contribution in [0.3, 0.4) is 0 Å². The topological polar surface area (TPSA) is 29.1 Å². The fourth-order valence-corrected chi connectivity index (χ4v) is 1.19. The molecule has 0 saturated carbocycles. The molecule has 0 aromatic carbocycles. The molecule has 0 spiro atoms. The largest absolute Gasteiger partial charge is 0.353 e. The van der Waals surface area contributed by atoms with Gasteiger partial charge in [-0.05, 0) is 12.5 Å². The number of unbranched alkanes of at least 4 members (excludes halogenated alkanes) is 6. The molecule has 0 heterocycles. The third-order valence-corrected chi connectivity index (χ3v) is 2.51. The van der Waals surface area contributed by atoms with Crippen molar-refractivity contribution in [3.8, 4) is 0 Å². The Morgan fingerprint density at radius 1 is 0.895 bits per heavy atom. The summed E-state index contributed by atoms with van der Waals surface area (Å²) in [5, 5.41) is 2.77. The van der Waals surface area contributed by atoms with Crippen LogP contribution in [0.1, 0.15) is 86.0 Å². The number of hydrogen-bond donors (Lipinski definition) is 1. The first kappa shape index (κ1) is 23.3. The van der Waals surface area contributed by atoms with Gasteiger partial charge in [0.1, 0.15) is 0 Å². The normalized spacial score (nSPS) is 8.47. The molecular formula is C17H37NO. The number of amides is 1. The van der Waals surface area contributed by atoms with Gasteiger partial charge >= 0.3 is 0 Å². The van der Waals surface area contributed by atoms with Gasteiger partial charge < -0.3 is 5.32 Å². The molecule has 0 aliphatic carbocycles. The maximum Gasteiger partial charge on any atom is 0.243 e. The zero-order chi connectivity index (χ0) is 15.4. The lowest BCUT2D eigenvalue weighted by atomic mass is 10.1. The molecule has 116 valence electrons. The third-order valence-electron chi connectivity index (χ3n) is 2.51. The van der Waals surface area contributed by atoms with Gasteiger partial charge in [0.25, 0.3) is 0 Å². The summed E-state index contributed by atoms with van der Waals surface area (Å²) in [7, 11) is 0. The molecule has 0 bridgehead atoms. The van der Waals surface area contributed by atoms with Crippen molar-refractivity contribution in [3.63, 3.8) is 0 Å². The zero-order valence-corrected chi connectivity index (χ0v) is 14.1. The highest BCUT2D eigenvalue weighted by atomic mass is 16.1. The summed E-state index contributed by atoms with van der Waals surface area (Å²) in [6.45, 7) is 14.8. The van der Waals surface area contributed by atoms with Crippen molar-refractivity contribution in [1.29, 1.82) is 0 Å². The molecule has 0 aromatic heterocycles. The second kappa shape index (κ2) is 25.9. The molecule has 0 rings (SSSR count). The van der Waals surface area contributed by atoms with Gasteiger partial charge in [-0.1, -0.05) is 86.1 Å². The van der Waals surface area contributed by atoms with E-state index in [9.17, 15) is 4.79 Å². The quantitative estimate of drug-likeness (QED) is 0.436. The van der Waals surface area contributed by atoms with E-state index >= 15 is 0 Å². The maximum absolute atomic E-state index is 10.7. The van der Waals surface area contributed by atoms with E-state index in [0.29, 0.717) is 0 Å². The van der Waals surface area contributed by atoms with Crippen LogP contribution in [-0.4, -0.2) is 12.5 Å². The van der Waals surface area contributed by atoms with Gasteiger partial charge in [-0.3, -0.25) is 4.79 Å². The van der Waals surface area contributed by atoms with Crippen molar-refractivity contribution < 1.29 is 4.79 Å². The van der Waals surface area contributed by atoms with E-state index in [-0.39, 0.29) is 5.91 Å². The molecule has 0 saturated heterocycles. The highest BCUT2D eigenvalue weighted by Gasteiger charge is 1.92. The van der Waals surface area contributed by atoms with Gasteiger partial charge in [0, 0.05) is 6.54 Å². The van der Waals surface area contributed by atoms with Gasteiger partial charge in [-0.15, -0.1) is 0 Å². The van der Waals surface area contributed by atoms with Crippen LogP contribution in [0.2, 0.25) is 0 Å². The first-order chi connectivity index (χ1) is 9.22. The number of rotatable bonds is 9. The van der Waals surface area contributed by atoms with Crippen molar-refractivity contribution in [1.82, 2.24) is 5.32 Å². The van der Waals surface area contributed by atoms with Crippen LogP contribution in [0.25, 0.3) is 0 Å². The van der Waals surface area contributed by atoms with Crippen LogP contribution in [0.4, 0.5) is 0 Å². The first-order valence-corrected chi connectivity index (χ1v) is 8.13. The van der Waals surface area contributed by atoms with Crippen LogP contribution in [0.15, 0.2) is 12.7 Å². The summed E-state index contributed by atoms with van der Waals surface area (Å²) in [6, 6.07) is 0. The summed E-state index contributed by atoms with van der Waals surface area (Å²) < 4.78 is 0. The van der Waals surface area contributed by atoms with Crippen molar-refractivity contribution in [2.24, 2.45) is 0 Å². The van der Waals surface area contributed by atoms with Gasteiger partial charge in [-0.25, -0.2) is 0 Å². The van der Waals surface area contributed by atoms with Gasteiger partial charge in [0.2, 0.25) is 5.91 Å². The highest BCUT2D eigenvalue weighted by Crippen LogP contribution is 2.03. The predicted octanol–water partition coefficient (Wildman–Crippen LogP) is 5.48. The molecule has 0 aromatic rings. The maximum atomic E-state index is 10.7. The SMILES string of the molecule is C=CC(=O)NCCCCCCCC.CC.CCCC. The second-order valence-corrected chi connectivity index (χ2v) is 4.26. The van der Waals surface area contributed by atoms with E-state index < -0.39 is 0 Å². The Morgan fingerprint density at radius 2 is 1.37 bits per heavy atom. The predicted molar refractivity (Wildman–Crippen MR) is 88.5 cm³/mol. The number of nitrogens with one attached hydrogen (secondary N) is 1. The van der Waals surface area contributed by atoms with Crippen molar-refractivity contribution in [2.45, 2.75) is 86.0 Å². The molecule has 19 heavy (non-hydrogen) atoms. The summed E-state index contributed by atoms with van der Waals surface area (Å²) >= 11 is 0. The number of hydrogen-bond acceptors (Lipinski definition) is 1. The smallest absolute Gasteiger partial charge is 0.243 e. The van der Waals surface area contributed by atoms with Gasteiger partial charge in [0.15, 0.2) is 0 Å². The Bertz CT molecular complexity index is 165. The zero-order valence-electron chi connectivity index (χ0n) is 14.1. The minimum absolute atomic E-state index is 0.0615. The molecule has 0 radical (unpaired) electrons. The molecule has 0 unspecified atom stereocenters. The Balaban J connectivity index is -0.000000361. The minimum atomic E-state index is -0.0615. The lowest BCUT2D eigenvalue weighted by molar-refractivity contribution is -0.116. The standard InChI is InChI=1S/C11H21NO.C4H10.C2H6/c1-3-5-6-7-8-9-10-12-11(13)4-2;1-3-4-2;1-2/h4H,2-3,5-10H2,1H3,(H,12,13);3-4H2,1-2H3;1-2H3. The summed E-state index contributed by atoms with van der Waals surface area (Å²) in [6.07, 6.45) is 11.5. The highest BCUT2D eigenvalue weighted by molar-refractivity contribution is 5.86. The molecule has 1 amide bonds. The Hall–Kier alpha value is -0.790. The van der Waals surface area contributed by atoms with Crippen LogP contribution in [0, 0.1) is 0 Å². The summed E-state index contributed by atoms with van der Waals surface area (Å²) in [5.74, 6) is -0.0615. The van der Waals surface area contributed by atoms with Gasteiger partial charge in [-0.2, -0.15) is 0 Å². The van der Waals surface area contributed by atoms with Crippen molar-refractivity contribution in [3.05, 3.63) is 12.7 Å². The second-order valence-electron chi connectivity index (χ2n) is 4.26. The van der Waals surface area contributed by atoms with E-state index in [2.05, 4.69) is 32.7 Å². The molecule has 0 fully saturated rings. The van der Waals surface area contributed by atoms with Crippen LogP contribution < -0.4 is 5.32 Å². The fraction of sp³-hybridized carbons (Fsp3) is 0.824.